The van der Waals surface area contributed by atoms with Gasteiger partial charge >= 0.3 is 0 Å². The number of rotatable bonds is 7. The van der Waals surface area contributed by atoms with Crippen LogP contribution in [0.25, 0.3) is 33.3 Å². The maximum absolute atomic E-state index is 12.8. The van der Waals surface area contributed by atoms with E-state index in [2.05, 4.69) is 10.3 Å². The van der Waals surface area contributed by atoms with Crippen molar-refractivity contribution in [1.82, 2.24) is 14.9 Å². The van der Waals surface area contributed by atoms with Gasteiger partial charge in [-0.05, 0) is 55.2 Å². The van der Waals surface area contributed by atoms with Crippen LogP contribution in [-0.2, 0) is 7.05 Å². The van der Waals surface area contributed by atoms with Crippen molar-refractivity contribution < 1.29 is 14.3 Å². The first-order valence-electron chi connectivity index (χ1n) is 11.9. The van der Waals surface area contributed by atoms with Crippen molar-refractivity contribution in [3.8, 4) is 28.1 Å². The SMILES string of the molecule is COc1cc(-c2c(-c3ccc(N)cc3C)n(C)c3c(C(C)=O)cncc23)ccc1C(=O)NCC(C)C. The van der Waals surface area contributed by atoms with Gasteiger partial charge in [-0.1, -0.05) is 26.0 Å². The summed E-state index contributed by atoms with van der Waals surface area (Å²) >= 11 is 0. The number of nitrogens with zero attached hydrogens (tertiary/aromatic N) is 2. The third kappa shape index (κ3) is 4.44. The molecule has 0 spiro atoms. The molecule has 4 rings (SSSR count). The Morgan fingerprint density at radius 1 is 1.11 bits per heavy atom. The van der Waals surface area contributed by atoms with E-state index in [0.29, 0.717) is 35.0 Å². The molecule has 0 saturated heterocycles. The number of methoxy groups -OCH3 is 1. The molecule has 2 heterocycles. The fourth-order valence-electron chi connectivity index (χ4n) is 4.65. The Balaban J connectivity index is 2.00. The Morgan fingerprint density at radius 3 is 2.50 bits per heavy atom. The van der Waals surface area contributed by atoms with E-state index in [1.54, 1.807) is 32.5 Å². The van der Waals surface area contributed by atoms with E-state index in [1.165, 1.54) is 0 Å². The molecule has 2 aromatic carbocycles. The van der Waals surface area contributed by atoms with Crippen molar-refractivity contribution in [1.29, 1.82) is 0 Å². The molecule has 186 valence electrons. The average molecular weight is 485 g/mol. The van der Waals surface area contributed by atoms with Gasteiger partial charge in [0.2, 0.25) is 0 Å². The number of ketones is 1. The number of nitrogen functional groups attached to an aromatic ring is 1. The molecule has 0 unspecified atom stereocenters. The minimum atomic E-state index is -0.180. The zero-order chi connectivity index (χ0) is 26.1. The van der Waals surface area contributed by atoms with Crippen LogP contribution in [0.4, 0.5) is 5.69 Å². The van der Waals surface area contributed by atoms with Crippen LogP contribution in [0, 0.1) is 12.8 Å². The fourth-order valence-corrected chi connectivity index (χ4v) is 4.65. The van der Waals surface area contributed by atoms with Gasteiger partial charge in [-0.25, -0.2) is 0 Å². The Kier molecular flexibility index (Phi) is 6.84. The first-order chi connectivity index (χ1) is 17.1. The molecule has 3 N–H and O–H groups in total. The van der Waals surface area contributed by atoms with Gasteiger partial charge in [0.25, 0.3) is 5.91 Å². The summed E-state index contributed by atoms with van der Waals surface area (Å²) in [7, 11) is 3.51. The fraction of sp³-hybridized carbons (Fsp3) is 0.276. The topological polar surface area (TPSA) is 99.2 Å². The van der Waals surface area contributed by atoms with Gasteiger partial charge in [0.05, 0.1) is 29.4 Å². The predicted molar refractivity (Wildman–Crippen MR) is 144 cm³/mol. The van der Waals surface area contributed by atoms with Crippen LogP contribution < -0.4 is 15.8 Å². The van der Waals surface area contributed by atoms with Crippen molar-refractivity contribution in [3.05, 3.63) is 65.5 Å². The number of anilines is 1. The number of nitrogens with one attached hydrogen (secondary N) is 1. The number of nitrogens with two attached hydrogens (primary N) is 1. The summed E-state index contributed by atoms with van der Waals surface area (Å²) < 4.78 is 7.69. The number of benzene rings is 2. The average Bonchev–Trinajstić information content (AvgIpc) is 3.14. The second kappa shape index (κ2) is 9.85. The normalized spacial score (nSPS) is 11.2. The van der Waals surface area contributed by atoms with Gasteiger partial charge in [-0.15, -0.1) is 0 Å². The summed E-state index contributed by atoms with van der Waals surface area (Å²) in [5.41, 5.74) is 13.2. The van der Waals surface area contributed by atoms with E-state index in [-0.39, 0.29) is 11.7 Å². The molecular weight excluding hydrogens is 452 g/mol. The number of ether oxygens (including phenoxy) is 1. The molecule has 0 saturated carbocycles. The summed E-state index contributed by atoms with van der Waals surface area (Å²) in [6, 6.07) is 11.4. The number of aromatic nitrogens is 2. The van der Waals surface area contributed by atoms with Gasteiger partial charge in [0.15, 0.2) is 5.78 Å². The highest BCUT2D eigenvalue weighted by molar-refractivity contribution is 6.13. The summed E-state index contributed by atoms with van der Waals surface area (Å²) in [4.78, 5) is 29.7. The number of hydrogen-bond donors (Lipinski definition) is 2. The highest BCUT2D eigenvalue weighted by atomic mass is 16.5. The number of carbonyl (C=O) groups is 2. The van der Waals surface area contributed by atoms with Crippen LogP contribution in [0.5, 0.6) is 5.75 Å². The molecule has 0 aliphatic heterocycles. The lowest BCUT2D eigenvalue weighted by Crippen LogP contribution is -2.27. The second-order valence-corrected chi connectivity index (χ2v) is 9.52. The minimum Gasteiger partial charge on any atom is -0.496 e. The maximum atomic E-state index is 12.8. The molecule has 0 radical (unpaired) electrons. The number of carbonyl (C=O) groups excluding carboxylic acids is 2. The first kappa shape index (κ1) is 25.0. The van der Waals surface area contributed by atoms with Crippen LogP contribution in [-0.4, -0.2) is 34.9 Å². The van der Waals surface area contributed by atoms with Crippen LogP contribution >= 0.6 is 0 Å². The number of Topliss-reactive ketones (excluding diaryl/α,β-unsaturated/α-hetero) is 1. The van der Waals surface area contributed by atoms with E-state index >= 15 is 0 Å². The van der Waals surface area contributed by atoms with Gasteiger partial charge in [-0.3, -0.25) is 14.6 Å². The van der Waals surface area contributed by atoms with E-state index in [9.17, 15) is 9.59 Å². The molecule has 0 bridgehead atoms. The van der Waals surface area contributed by atoms with Crippen molar-refractivity contribution in [3.63, 3.8) is 0 Å². The summed E-state index contributed by atoms with van der Waals surface area (Å²) in [6.07, 6.45) is 3.39. The monoisotopic (exact) mass is 484 g/mol. The molecule has 0 fully saturated rings. The van der Waals surface area contributed by atoms with Gasteiger partial charge in [0.1, 0.15) is 5.75 Å². The highest BCUT2D eigenvalue weighted by Crippen LogP contribution is 2.43. The van der Waals surface area contributed by atoms with Crippen LogP contribution in [0.1, 0.15) is 47.1 Å². The molecular formula is C29H32N4O3. The molecule has 36 heavy (non-hydrogen) atoms. The first-order valence-corrected chi connectivity index (χ1v) is 11.9. The molecule has 2 aromatic heterocycles. The largest absolute Gasteiger partial charge is 0.496 e. The van der Waals surface area contributed by atoms with Gasteiger partial charge in [0, 0.05) is 48.2 Å². The van der Waals surface area contributed by atoms with E-state index in [4.69, 9.17) is 10.5 Å². The quantitative estimate of drug-likeness (QED) is 0.270. The van der Waals surface area contributed by atoms with Gasteiger partial charge in [-0.2, -0.15) is 0 Å². The van der Waals surface area contributed by atoms with Crippen molar-refractivity contribution in [2.24, 2.45) is 13.0 Å². The zero-order valence-electron chi connectivity index (χ0n) is 21.6. The third-order valence-electron chi connectivity index (χ3n) is 6.39. The molecule has 0 atom stereocenters. The molecule has 7 heteroatoms. The van der Waals surface area contributed by atoms with E-state index in [1.807, 2.05) is 62.7 Å². The van der Waals surface area contributed by atoms with Crippen molar-refractivity contribution in [2.75, 3.05) is 19.4 Å². The molecule has 0 aliphatic rings. The van der Waals surface area contributed by atoms with Crippen molar-refractivity contribution in [2.45, 2.75) is 27.7 Å². The third-order valence-corrected chi connectivity index (χ3v) is 6.39. The maximum Gasteiger partial charge on any atom is 0.255 e. The summed E-state index contributed by atoms with van der Waals surface area (Å²) in [5, 5.41) is 3.80. The molecule has 1 amide bonds. The predicted octanol–water partition coefficient (Wildman–Crippen LogP) is 5.39. The lowest BCUT2D eigenvalue weighted by Gasteiger charge is -2.15. The standard InChI is InChI=1S/C29H32N4O3/c1-16(2)13-32-29(35)22-9-7-19(12-25(22)36-6)26-24-15-31-14-23(18(4)34)27(24)33(5)28(26)21-10-8-20(30)11-17(21)3/h7-12,14-16H,13,30H2,1-6H3,(H,32,35). The van der Waals surface area contributed by atoms with Crippen LogP contribution in [0.3, 0.4) is 0 Å². The van der Waals surface area contributed by atoms with Crippen LogP contribution in [0.15, 0.2) is 48.8 Å². The van der Waals surface area contributed by atoms with Gasteiger partial charge < -0.3 is 20.4 Å². The molecule has 0 aliphatic carbocycles. The van der Waals surface area contributed by atoms with Crippen molar-refractivity contribution >= 4 is 28.3 Å². The summed E-state index contributed by atoms with van der Waals surface area (Å²) in [6.45, 7) is 8.23. The smallest absolute Gasteiger partial charge is 0.255 e. The number of aryl methyl sites for hydroxylation is 2. The Labute approximate surface area is 211 Å². The molecule has 4 aromatic rings. The second-order valence-electron chi connectivity index (χ2n) is 9.52. The Bertz CT molecular complexity index is 1480. The highest BCUT2D eigenvalue weighted by Gasteiger charge is 2.24. The van der Waals surface area contributed by atoms with Crippen LogP contribution in [0.2, 0.25) is 0 Å². The molecule has 7 nitrogen and oxygen atoms in total. The van der Waals surface area contributed by atoms with E-state index < -0.39 is 0 Å². The zero-order valence-corrected chi connectivity index (χ0v) is 21.6. The Hall–Kier alpha value is -4.13. The number of fused-ring (bicyclic) bond motifs is 1. The number of amides is 1. The summed E-state index contributed by atoms with van der Waals surface area (Å²) in [5.74, 6) is 0.570. The Morgan fingerprint density at radius 2 is 1.86 bits per heavy atom. The lowest BCUT2D eigenvalue weighted by molar-refractivity contribution is 0.0945. The number of pyridine rings is 1. The van der Waals surface area contributed by atoms with E-state index in [0.717, 1.165) is 38.9 Å². The minimum absolute atomic E-state index is 0.0596. The number of hydrogen-bond acceptors (Lipinski definition) is 5. The lowest BCUT2D eigenvalue weighted by atomic mass is 9.95.